The minimum Gasteiger partial charge on any atom is -0.497 e. The number of hydrogen-bond donors (Lipinski definition) is 0. The Hall–Kier alpha value is -3.30. The smallest absolute Gasteiger partial charge is 0.261 e. The summed E-state index contributed by atoms with van der Waals surface area (Å²) in [5.41, 5.74) is 1.65. The summed E-state index contributed by atoms with van der Waals surface area (Å²) in [6.07, 6.45) is 4.38. The number of amides is 1. The molecule has 0 radical (unpaired) electrons. The molecule has 0 spiro atoms. The van der Waals surface area contributed by atoms with Crippen LogP contribution in [0.2, 0.25) is 0 Å². The van der Waals surface area contributed by atoms with Crippen LogP contribution in [0, 0.1) is 0 Å². The van der Waals surface area contributed by atoms with Gasteiger partial charge in [0.1, 0.15) is 5.75 Å². The first-order valence-electron chi connectivity index (χ1n) is 9.31. The highest BCUT2D eigenvalue weighted by molar-refractivity contribution is 7.90. The molecule has 2 aromatic heterocycles. The molecule has 9 heteroatoms. The number of nitrogens with zero attached hydrogens (tertiary/aromatic N) is 3. The molecule has 0 aliphatic heterocycles. The third kappa shape index (κ3) is 4.42. The van der Waals surface area contributed by atoms with Gasteiger partial charge < -0.3 is 4.74 Å². The van der Waals surface area contributed by atoms with Gasteiger partial charge in [-0.3, -0.25) is 14.7 Å². The zero-order valence-electron chi connectivity index (χ0n) is 16.8. The summed E-state index contributed by atoms with van der Waals surface area (Å²) in [5.74, 6) is 0.225. The third-order valence-corrected chi connectivity index (χ3v) is 6.88. The molecule has 158 valence electrons. The van der Waals surface area contributed by atoms with Gasteiger partial charge in [0.2, 0.25) is 0 Å². The van der Waals surface area contributed by atoms with Gasteiger partial charge in [0.25, 0.3) is 5.91 Å². The number of fused-ring (bicyclic) bond motifs is 1. The first kappa shape index (κ1) is 21.0. The van der Waals surface area contributed by atoms with Gasteiger partial charge in [-0.05, 0) is 42.0 Å². The minimum absolute atomic E-state index is 0.0116. The second kappa shape index (κ2) is 8.44. The molecule has 2 aromatic carbocycles. The van der Waals surface area contributed by atoms with Gasteiger partial charge in [-0.1, -0.05) is 23.5 Å². The number of benzene rings is 2. The van der Waals surface area contributed by atoms with E-state index in [0.29, 0.717) is 16.4 Å². The van der Waals surface area contributed by atoms with Gasteiger partial charge in [0.15, 0.2) is 15.0 Å². The van der Waals surface area contributed by atoms with Crippen molar-refractivity contribution in [1.82, 2.24) is 9.97 Å². The van der Waals surface area contributed by atoms with E-state index in [2.05, 4.69) is 9.97 Å². The van der Waals surface area contributed by atoms with Crippen LogP contribution < -0.4 is 9.64 Å². The standard InChI is InChI=1S/C22H19N3O4S2/c1-29-16-7-8-19-18(13-16)24-22(30-19)25(14-15-9-11-23-12-10-15)21(26)17-5-3-4-6-20(17)31(2,27)28/h3-13H,14H2,1-2H3. The summed E-state index contributed by atoms with van der Waals surface area (Å²) in [7, 11) is -2.01. The fourth-order valence-electron chi connectivity index (χ4n) is 3.15. The van der Waals surface area contributed by atoms with Crippen molar-refractivity contribution >= 4 is 42.4 Å². The first-order chi connectivity index (χ1) is 14.9. The Labute approximate surface area is 183 Å². The SMILES string of the molecule is COc1ccc2sc(N(Cc3ccncc3)C(=O)c3ccccc3S(C)(=O)=O)nc2c1. The molecular formula is C22H19N3O4S2. The van der Waals surface area contributed by atoms with Crippen molar-refractivity contribution in [3.05, 3.63) is 78.1 Å². The lowest BCUT2D eigenvalue weighted by Crippen LogP contribution is -2.31. The van der Waals surface area contributed by atoms with E-state index in [0.717, 1.165) is 16.5 Å². The fourth-order valence-corrected chi connectivity index (χ4v) is 4.97. The molecule has 1 amide bonds. The molecule has 31 heavy (non-hydrogen) atoms. The summed E-state index contributed by atoms with van der Waals surface area (Å²) in [6.45, 7) is 0.219. The Kier molecular flexibility index (Phi) is 5.71. The molecule has 0 aliphatic rings. The largest absolute Gasteiger partial charge is 0.497 e. The minimum atomic E-state index is -3.59. The second-order valence-electron chi connectivity index (χ2n) is 6.85. The number of carbonyl (C=O) groups is 1. The summed E-state index contributed by atoms with van der Waals surface area (Å²) in [4.78, 5) is 23.7. The van der Waals surface area contributed by atoms with Gasteiger partial charge in [-0.15, -0.1) is 0 Å². The molecule has 0 saturated heterocycles. The maximum absolute atomic E-state index is 13.6. The molecule has 0 bridgehead atoms. The predicted molar refractivity (Wildman–Crippen MR) is 120 cm³/mol. The van der Waals surface area contributed by atoms with E-state index in [1.165, 1.54) is 28.4 Å². The molecule has 7 nitrogen and oxygen atoms in total. The Bertz CT molecular complexity index is 1350. The Morgan fingerprint density at radius 2 is 1.84 bits per heavy atom. The number of pyridine rings is 1. The number of rotatable bonds is 6. The third-order valence-electron chi connectivity index (χ3n) is 4.67. The molecule has 4 rings (SSSR count). The lowest BCUT2D eigenvalue weighted by atomic mass is 10.2. The maximum Gasteiger partial charge on any atom is 0.261 e. The van der Waals surface area contributed by atoms with Gasteiger partial charge in [0.05, 0.1) is 34.3 Å². The number of anilines is 1. The van der Waals surface area contributed by atoms with E-state index < -0.39 is 15.7 Å². The summed E-state index contributed by atoms with van der Waals surface area (Å²) in [5, 5.41) is 0.466. The maximum atomic E-state index is 13.6. The van der Waals surface area contributed by atoms with Crippen LogP contribution >= 0.6 is 11.3 Å². The van der Waals surface area contributed by atoms with Crippen molar-refractivity contribution in [3.8, 4) is 5.75 Å². The lowest BCUT2D eigenvalue weighted by molar-refractivity contribution is 0.0982. The topological polar surface area (TPSA) is 89.5 Å². The van der Waals surface area contributed by atoms with E-state index in [9.17, 15) is 13.2 Å². The number of carbonyl (C=O) groups excluding carboxylic acids is 1. The van der Waals surface area contributed by atoms with Gasteiger partial charge in [-0.25, -0.2) is 13.4 Å². The number of ether oxygens (including phenoxy) is 1. The molecule has 2 heterocycles. The number of aromatic nitrogens is 2. The van der Waals surface area contributed by atoms with Crippen molar-refractivity contribution in [2.24, 2.45) is 0 Å². The van der Waals surface area contributed by atoms with E-state index in [-0.39, 0.29) is 17.0 Å². The summed E-state index contributed by atoms with van der Waals surface area (Å²) in [6, 6.07) is 15.3. The normalized spacial score (nSPS) is 11.4. The van der Waals surface area contributed by atoms with E-state index in [1.54, 1.807) is 49.8 Å². The average molecular weight is 454 g/mol. The van der Waals surface area contributed by atoms with Crippen LogP contribution in [-0.4, -0.2) is 37.7 Å². The van der Waals surface area contributed by atoms with Gasteiger partial charge in [0, 0.05) is 24.7 Å². The summed E-state index contributed by atoms with van der Waals surface area (Å²) < 4.78 is 30.7. The lowest BCUT2D eigenvalue weighted by Gasteiger charge is -2.21. The van der Waals surface area contributed by atoms with E-state index >= 15 is 0 Å². The van der Waals surface area contributed by atoms with Crippen molar-refractivity contribution in [2.75, 3.05) is 18.3 Å². The molecule has 0 N–H and O–H groups in total. The van der Waals surface area contributed by atoms with Crippen LogP contribution in [0.4, 0.5) is 5.13 Å². The van der Waals surface area contributed by atoms with Crippen LogP contribution in [-0.2, 0) is 16.4 Å². The molecule has 4 aromatic rings. The van der Waals surface area contributed by atoms with Crippen LogP contribution in [0.3, 0.4) is 0 Å². The highest BCUT2D eigenvalue weighted by Crippen LogP contribution is 2.33. The van der Waals surface area contributed by atoms with Crippen LogP contribution in [0.25, 0.3) is 10.2 Å². The van der Waals surface area contributed by atoms with Crippen LogP contribution in [0.15, 0.2) is 71.9 Å². The number of hydrogen-bond acceptors (Lipinski definition) is 7. The Balaban J connectivity index is 1.83. The number of thiazole rings is 1. The highest BCUT2D eigenvalue weighted by atomic mass is 32.2. The average Bonchev–Trinajstić information content (AvgIpc) is 3.20. The molecule has 0 saturated carbocycles. The fraction of sp³-hybridized carbons (Fsp3) is 0.136. The van der Waals surface area contributed by atoms with Crippen molar-refractivity contribution in [1.29, 1.82) is 0 Å². The van der Waals surface area contributed by atoms with Crippen LogP contribution in [0.1, 0.15) is 15.9 Å². The van der Waals surface area contributed by atoms with E-state index in [4.69, 9.17) is 4.74 Å². The Morgan fingerprint density at radius 3 is 2.55 bits per heavy atom. The zero-order valence-corrected chi connectivity index (χ0v) is 18.5. The molecule has 0 fully saturated rings. The molecule has 0 atom stereocenters. The van der Waals surface area contributed by atoms with E-state index in [1.807, 2.05) is 12.1 Å². The molecular weight excluding hydrogens is 434 g/mol. The zero-order chi connectivity index (χ0) is 22.0. The van der Waals surface area contributed by atoms with Gasteiger partial charge >= 0.3 is 0 Å². The first-order valence-corrected chi connectivity index (χ1v) is 12.0. The monoisotopic (exact) mass is 453 g/mol. The van der Waals surface area contributed by atoms with Crippen LogP contribution in [0.5, 0.6) is 5.75 Å². The Morgan fingerprint density at radius 1 is 1.10 bits per heavy atom. The number of methoxy groups -OCH3 is 1. The van der Waals surface area contributed by atoms with Crippen molar-refractivity contribution in [3.63, 3.8) is 0 Å². The highest BCUT2D eigenvalue weighted by Gasteiger charge is 2.26. The van der Waals surface area contributed by atoms with Gasteiger partial charge in [-0.2, -0.15) is 0 Å². The molecule has 0 unspecified atom stereocenters. The number of sulfone groups is 1. The molecule has 0 aliphatic carbocycles. The van der Waals surface area contributed by atoms with Crippen molar-refractivity contribution in [2.45, 2.75) is 11.4 Å². The predicted octanol–water partition coefficient (Wildman–Crippen LogP) is 3.95. The van der Waals surface area contributed by atoms with Crippen molar-refractivity contribution < 1.29 is 17.9 Å². The summed E-state index contributed by atoms with van der Waals surface area (Å²) >= 11 is 1.35. The quantitative estimate of drug-likeness (QED) is 0.439. The second-order valence-corrected chi connectivity index (χ2v) is 9.84.